The molecule has 0 unspecified atom stereocenters. The lowest BCUT2D eigenvalue weighted by molar-refractivity contribution is 0.0255. The minimum Gasteiger partial charge on any atom is -0.444 e. The number of amides is 2. The number of aryl methyl sites for hydroxylation is 1. The monoisotopic (exact) mass is 324 g/mol. The molecule has 1 aliphatic heterocycles. The summed E-state index contributed by atoms with van der Waals surface area (Å²) in [7, 11) is 0. The Morgan fingerprint density at radius 3 is 2.36 bits per heavy atom. The van der Waals surface area contributed by atoms with Crippen molar-refractivity contribution in [2.45, 2.75) is 39.7 Å². The van der Waals surface area contributed by atoms with Gasteiger partial charge in [-0.1, -0.05) is 0 Å². The van der Waals surface area contributed by atoms with Crippen LogP contribution in [0.1, 0.15) is 42.4 Å². The standard InChI is InChI=1S/C16H24N2O3S/c1-12-6-11-22-13(12)14(19)17-7-5-8-18(10-9-17)15(20)21-16(2,3)4/h6,11H,5,7-10H2,1-4H3. The molecule has 6 heteroatoms. The van der Waals surface area contributed by atoms with E-state index in [9.17, 15) is 9.59 Å². The zero-order valence-electron chi connectivity index (χ0n) is 13.7. The molecular formula is C16H24N2O3S. The van der Waals surface area contributed by atoms with Crippen LogP contribution >= 0.6 is 11.3 Å². The number of thiophene rings is 1. The number of nitrogens with zero attached hydrogens (tertiary/aromatic N) is 2. The van der Waals surface area contributed by atoms with Crippen molar-refractivity contribution in [1.82, 2.24) is 9.80 Å². The Morgan fingerprint density at radius 2 is 1.77 bits per heavy atom. The van der Waals surface area contributed by atoms with Gasteiger partial charge in [0.1, 0.15) is 5.60 Å². The summed E-state index contributed by atoms with van der Waals surface area (Å²) >= 11 is 1.48. The molecule has 5 nitrogen and oxygen atoms in total. The topological polar surface area (TPSA) is 49.9 Å². The number of hydrogen-bond acceptors (Lipinski definition) is 4. The zero-order chi connectivity index (χ0) is 16.3. The maximum Gasteiger partial charge on any atom is 0.410 e. The van der Waals surface area contributed by atoms with Crippen molar-refractivity contribution in [3.05, 3.63) is 21.9 Å². The first-order chi connectivity index (χ1) is 10.3. The molecule has 0 aromatic carbocycles. The van der Waals surface area contributed by atoms with Gasteiger partial charge in [-0.2, -0.15) is 0 Å². The fourth-order valence-corrected chi connectivity index (χ4v) is 3.26. The summed E-state index contributed by atoms with van der Waals surface area (Å²) in [6, 6.07) is 1.96. The van der Waals surface area contributed by atoms with E-state index in [4.69, 9.17) is 4.74 Å². The maximum atomic E-state index is 12.5. The molecule has 1 aliphatic rings. The Balaban J connectivity index is 1.97. The van der Waals surface area contributed by atoms with E-state index >= 15 is 0 Å². The Labute approximate surface area is 135 Å². The molecule has 2 rings (SSSR count). The Hall–Kier alpha value is -1.56. The van der Waals surface area contributed by atoms with Crippen LogP contribution in [0.3, 0.4) is 0 Å². The molecule has 1 aromatic heterocycles. The predicted octanol–water partition coefficient (Wildman–Crippen LogP) is 3.14. The average molecular weight is 324 g/mol. The SMILES string of the molecule is Cc1ccsc1C(=O)N1CCCN(C(=O)OC(C)(C)C)CC1. The van der Waals surface area contributed by atoms with Crippen LogP contribution in [-0.4, -0.2) is 53.6 Å². The summed E-state index contributed by atoms with van der Waals surface area (Å²) in [6.07, 6.45) is 0.476. The van der Waals surface area contributed by atoms with Gasteiger partial charge in [0.15, 0.2) is 0 Å². The molecule has 2 heterocycles. The molecule has 0 atom stereocenters. The van der Waals surface area contributed by atoms with Crippen molar-refractivity contribution < 1.29 is 14.3 Å². The number of hydrogen-bond donors (Lipinski definition) is 0. The van der Waals surface area contributed by atoms with Crippen molar-refractivity contribution in [3.63, 3.8) is 0 Å². The minimum absolute atomic E-state index is 0.0681. The van der Waals surface area contributed by atoms with Crippen LogP contribution in [0.25, 0.3) is 0 Å². The van der Waals surface area contributed by atoms with E-state index in [0.717, 1.165) is 16.9 Å². The van der Waals surface area contributed by atoms with Crippen LogP contribution in [-0.2, 0) is 4.74 Å². The maximum absolute atomic E-state index is 12.5. The van der Waals surface area contributed by atoms with Gasteiger partial charge in [0.05, 0.1) is 4.88 Å². The van der Waals surface area contributed by atoms with Crippen LogP contribution in [0.15, 0.2) is 11.4 Å². The molecule has 0 bridgehead atoms. The first kappa shape index (κ1) is 16.8. The summed E-state index contributed by atoms with van der Waals surface area (Å²) in [5.74, 6) is 0.0681. The summed E-state index contributed by atoms with van der Waals surface area (Å²) in [5, 5.41) is 1.94. The quantitative estimate of drug-likeness (QED) is 0.797. The van der Waals surface area contributed by atoms with Crippen LogP contribution in [0.5, 0.6) is 0 Å². The molecular weight excluding hydrogens is 300 g/mol. The molecule has 122 valence electrons. The van der Waals surface area contributed by atoms with Crippen LogP contribution in [0, 0.1) is 6.92 Å². The lowest BCUT2D eigenvalue weighted by Crippen LogP contribution is -2.40. The number of ether oxygens (including phenoxy) is 1. The fraction of sp³-hybridized carbons (Fsp3) is 0.625. The summed E-state index contributed by atoms with van der Waals surface area (Å²) in [5.41, 5.74) is 0.524. The molecule has 0 spiro atoms. The van der Waals surface area contributed by atoms with Crippen molar-refractivity contribution in [2.24, 2.45) is 0 Å². The predicted molar refractivity (Wildman–Crippen MR) is 87.4 cm³/mol. The number of carbonyl (C=O) groups excluding carboxylic acids is 2. The van der Waals surface area contributed by atoms with Crippen LogP contribution in [0.4, 0.5) is 4.79 Å². The molecule has 22 heavy (non-hydrogen) atoms. The fourth-order valence-electron chi connectivity index (χ4n) is 2.37. The average Bonchev–Trinajstić information content (AvgIpc) is 2.70. The second-order valence-electron chi connectivity index (χ2n) is 6.55. The van der Waals surface area contributed by atoms with Gasteiger partial charge in [0.2, 0.25) is 0 Å². The van der Waals surface area contributed by atoms with Gasteiger partial charge in [-0.05, 0) is 51.1 Å². The van der Waals surface area contributed by atoms with Gasteiger partial charge in [0, 0.05) is 26.2 Å². The zero-order valence-corrected chi connectivity index (χ0v) is 14.5. The molecule has 0 saturated carbocycles. The third-order valence-corrected chi connectivity index (χ3v) is 4.50. The highest BCUT2D eigenvalue weighted by Crippen LogP contribution is 2.19. The molecule has 0 aliphatic carbocycles. The van der Waals surface area contributed by atoms with Gasteiger partial charge < -0.3 is 14.5 Å². The highest BCUT2D eigenvalue weighted by molar-refractivity contribution is 7.12. The van der Waals surface area contributed by atoms with E-state index in [2.05, 4.69) is 0 Å². The third-order valence-electron chi connectivity index (χ3n) is 3.49. The smallest absolute Gasteiger partial charge is 0.410 e. The van der Waals surface area contributed by atoms with Crippen LogP contribution in [0.2, 0.25) is 0 Å². The second-order valence-corrected chi connectivity index (χ2v) is 7.46. The van der Waals surface area contributed by atoms with Gasteiger partial charge in [-0.15, -0.1) is 11.3 Å². The highest BCUT2D eigenvalue weighted by Gasteiger charge is 2.27. The van der Waals surface area contributed by atoms with E-state index in [1.165, 1.54) is 11.3 Å². The summed E-state index contributed by atoms with van der Waals surface area (Å²) < 4.78 is 5.41. The van der Waals surface area contributed by atoms with Gasteiger partial charge in [-0.25, -0.2) is 4.79 Å². The molecule has 1 saturated heterocycles. The normalized spacial score (nSPS) is 16.4. The van der Waals surface area contributed by atoms with E-state index in [-0.39, 0.29) is 12.0 Å². The largest absolute Gasteiger partial charge is 0.444 e. The molecule has 2 amide bonds. The summed E-state index contributed by atoms with van der Waals surface area (Å²) in [4.78, 5) is 29.0. The summed E-state index contributed by atoms with van der Waals surface area (Å²) in [6.45, 7) is 9.90. The van der Waals surface area contributed by atoms with Gasteiger partial charge in [-0.3, -0.25) is 4.79 Å². The van der Waals surface area contributed by atoms with Crippen molar-refractivity contribution in [1.29, 1.82) is 0 Å². The number of carbonyl (C=O) groups is 2. The number of rotatable bonds is 1. The second kappa shape index (κ2) is 6.69. The molecule has 0 radical (unpaired) electrons. The first-order valence-electron chi connectivity index (χ1n) is 7.59. The van der Waals surface area contributed by atoms with E-state index in [1.807, 2.05) is 44.0 Å². The van der Waals surface area contributed by atoms with E-state index in [0.29, 0.717) is 26.2 Å². The Morgan fingerprint density at radius 1 is 1.14 bits per heavy atom. The minimum atomic E-state index is -0.493. The highest BCUT2D eigenvalue weighted by atomic mass is 32.1. The van der Waals surface area contributed by atoms with E-state index in [1.54, 1.807) is 4.90 Å². The van der Waals surface area contributed by atoms with Crippen LogP contribution < -0.4 is 0 Å². The van der Waals surface area contributed by atoms with Crippen molar-refractivity contribution >= 4 is 23.3 Å². The van der Waals surface area contributed by atoms with Gasteiger partial charge in [0.25, 0.3) is 5.91 Å². The van der Waals surface area contributed by atoms with Gasteiger partial charge >= 0.3 is 6.09 Å². The Bertz CT molecular complexity index is 548. The molecule has 1 aromatic rings. The molecule has 1 fully saturated rings. The van der Waals surface area contributed by atoms with Crippen molar-refractivity contribution in [3.8, 4) is 0 Å². The van der Waals surface area contributed by atoms with Crippen molar-refractivity contribution in [2.75, 3.05) is 26.2 Å². The Kier molecular flexibility index (Phi) is 5.11. The van der Waals surface area contributed by atoms with E-state index < -0.39 is 5.60 Å². The lowest BCUT2D eigenvalue weighted by atomic mass is 10.2. The third kappa shape index (κ3) is 4.22. The first-order valence-corrected chi connectivity index (χ1v) is 8.47. The molecule has 0 N–H and O–H groups in total. The lowest BCUT2D eigenvalue weighted by Gasteiger charge is -2.26.